The quantitative estimate of drug-likeness (QED) is 0.295. The van der Waals surface area contributed by atoms with E-state index in [2.05, 4.69) is 4.90 Å². The van der Waals surface area contributed by atoms with Crippen LogP contribution in [-0.4, -0.2) is 36.1 Å². The van der Waals surface area contributed by atoms with Crippen molar-refractivity contribution < 1.29 is 18.5 Å². The zero-order valence-electron chi connectivity index (χ0n) is 14.9. The van der Waals surface area contributed by atoms with E-state index in [-0.39, 0.29) is 10.7 Å². The monoisotopic (exact) mass is 410 g/mol. The number of halogens is 1. The maximum Gasteiger partial charge on any atom is 0.380 e. The van der Waals surface area contributed by atoms with Gasteiger partial charge in [-0.15, -0.1) is 0 Å². The van der Waals surface area contributed by atoms with Crippen LogP contribution in [0, 0.1) is 10.1 Å². The molecule has 0 bridgehead atoms. The Balaban J connectivity index is 3.33. The largest absolute Gasteiger partial charge is 0.424 e. The van der Waals surface area contributed by atoms with Crippen LogP contribution in [-0.2, 0) is 27.4 Å². The lowest BCUT2D eigenvalue weighted by Gasteiger charge is -2.24. The van der Waals surface area contributed by atoms with Crippen LogP contribution in [0.4, 0.5) is 5.69 Å². The molecule has 0 atom stereocenters. The Labute approximate surface area is 158 Å². The average Bonchev–Trinajstić information content (AvgIpc) is 2.54. The third-order valence-electron chi connectivity index (χ3n) is 3.40. The van der Waals surface area contributed by atoms with E-state index in [1.54, 1.807) is 13.8 Å². The molecule has 25 heavy (non-hydrogen) atoms. The van der Waals surface area contributed by atoms with E-state index in [9.17, 15) is 10.1 Å². The highest BCUT2D eigenvalue weighted by Gasteiger charge is 2.26. The first-order chi connectivity index (χ1) is 11.8. The number of hydrogen-bond acceptors (Lipinski definition) is 7. The van der Waals surface area contributed by atoms with Crippen LogP contribution < -0.4 is 4.52 Å². The van der Waals surface area contributed by atoms with Crippen molar-refractivity contribution in [3.8, 4) is 5.75 Å². The van der Waals surface area contributed by atoms with Crippen molar-refractivity contribution >= 4 is 35.8 Å². The minimum Gasteiger partial charge on any atom is -0.424 e. The predicted molar refractivity (Wildman–Crippen MR) is 103 cm³/mol. The number of nitrogens with zero attached hydrogens (tertiary/aromatic N) is 2. The Morgan fingerprint density at radius 1 is 1.20 bits per heavy atom. The van der Waals surface area contributed by atoms with Gasteiger partial charge in [-0.25, -0.2) is 0 Å². The summed E-state index contributed by atoms with van der Waals surface area (Å²) in [6.07, 6.45) is 0. The number of nitro benzene ring substituents is 1. The molecule has 0 spiro atoms. The summed E-state index contributed by atoms with van der Waals surface area (Å²) in [7, 11) is 0. The van der Waals surface area contributed by atoms with E-state index in [0.29, 0.717) is 31.1 Å². The van der Waals surface area contributed by atoms with Gasteiger partial charge in [0, 0.05) is 36.0 Å². The second kappa shape index (κ2) is 10.4. The van der Waals surface area contributed by atoms with Crippen molar-refractivity contribution in [2.45, 2.75) is 34.2 Å². The molecule has 1 aromatic carbocycles. The molecule has 0 aliphatic rings. The van der Waals surface area contributed by atoms with Gasteiger partial charge in [0.1, 0.15) is 10.8 Å². The second-order valence-corrected chi connectivity index (χ2v) is 8.35. The maximum absolute atomic E-state index is 11.2. The molecule has 0 aromatic heterocycles. The molecule has 7 nitrogen and oxygen atoms in total. The van der Waals surface area contributed by atoms with Gasteiger partial charge in [-0.1, -0.05) is 25.4 Å². The third kappa shape index (κ3) is 6.47. The molecule has 0 N–H and O–H groups in total. The Kier molecular flexibility index (Phi) is 9.27. The van der Waals surface area contributed by atoms with Crippen LogP contribution >= 0.6 is 18.3 Å². The summed E-state index contributed by atoms with van der Waals surface area (Å²) in [6, 6.07) is 2.84. The van der Waals surface area contributed by atoms with Crippen molar-refractivity contribution in [2.24, 2.45) is 0 Å². The first kappa shape index (κ1) is 22.3. The van der Waals surface area contributed by atoms with Gasteiger partial charge in [0.25, 0.3) is 5.69 Å². The summed E-state index contributed by atoms with van der Waals surface area (Å²) in [6.45, 7) is 7.33. The molecule has 0 aliphatic carbocycles. The normalized spacial score (nSPS) is 11.8. The smallest absolute Gasteiger partial charge is 0.380 e. The fourth-order valence-corrected chi connectivity index (χ4v) is 4.47. The molecule has 1 aromatic rings. The maximum atomic E-state index is 11.2. The summed E-state index contributed by atoms with van der Waals surface area (Å²) < 4.78 is 16.9. The second-order valence-electron chi connectivity index (χ2n) is 5.00. The van der Waals surface area contributed by atoms with Crippen molar-refractivity contribution in [3.05, 3.63) is 32.8 Å². The van der Waals surface area contributed by atoms with Crippen LogP contribution in [0.3, 0.4) is 0 Å². The molecule has 0 amide bonds. The van der Waals surface area contributed by atoms with E-state index >= 15 is 0 Å². The average molecular weight is 411 g/mol. The SMILES string of the molecule is CCOP(=S)(OCC)Oc1cc(Cl)c([N+](=O)[O-])cc1CN(CC)CC. The molecule has 0 radical (unpaired) electrons. The van der Waals surface area contributed by atoms with Crippen LogP contribution in [0.25, 0.3) is 0 Å². The van der Waals surface area contributed by atoms with E-state index in [1.807, 2.05) is 13.8 Å². The van der Waals surface area contributed by atoms with Gasteiger partial charge in [-0.2, -0.15) is 0 Å². The van der Waals surface area contributed by atoms with Crippen molar-refractivity contribution in [1.29, 1.82) is 0 Å². The molecule has 0 saturated carbocycles. The van der Waals surface area contributed by atoms with Gasteiger partial charge in [-0.05, 0) is 26.9 Å². The summed E-state index contributed by atoms with van der Waals surface area (Å²) in [5.41, 5.74) is 0.450. The van der Waals surface area contributed by atoms with Crippen LogP contribution in [0.2, 0.25) is 5.02 Å². The Morgan fingerprint density at radius 3 is 2.20 bits per heavy atom. The van der Waals surface area contributed by atoms with E-state index in [4.69, 9.17) is 37.0 Å². The summed E-state index contributed by atoms with van der Waals surface area (Å²) in [5, 5.41) is 11.2. The van der Waals surface area contributed by atoms with Gasteiger partial charge < -0.3 is 4.52 Å². The number of hydrogen-bond donors (Lipinski definition) is 0. The highest BCUT2D eigenvalue weighted by molar-refractivity contribution is 8.07. The lowest BCUT2D eigenvalue weighted by Crippen LogP contribution is -2.22. The van der Waals surface area contributed by atoms with Gasteiger partial charge in [0.2, 0.25) is 0 Å². The molecular weight excluding hydrogens is 387 g/mol. The molecule has 0 fully saturated rings. The third-order valence-corrected chi connectivity index (χ3v) is 6.13. The van der Waals surface area contributed by atoms with Crippen molar-refractivity contribution in [2.75, 3.05) is 26.3 Å². The van der Waals surface area contributed by atoms with Gasteiger partial charge in [-0.3, -0.25) is 24.1 Å². The zero-order chi connectivity index (χ0) is 19.0. The fourth-order valence-electron chi connectivity index (χ4n) is 2.15. The van der Waals surface area contributed by atoms with Crippen LogP contribution in [0.15, 0.2) is 12.1 Å². The standard InChI is InChI=1S/C15H24ClN2O5PS/c1-5-17(6-2)11-12-9-14(18(19)20)13(16)10-15(12)23-24(25,21-7-3)22-8-4/h9-10H,5-8,11H2,1-4H3. The summed E-state index contributed by atoms with van der Waals surface area (Å²) in [5.74, 6) is 0.354. The number of benzene rings is 1. The molecule has 10 heteroatoms. The molecule has 0 aliphatic heterocycles. The van der Waals surface area contributed by atoms with Gasteiger partial charge in [0.15, 0.2) is 0 Å². The van der Waals surface area contributed by atoms with E-state index < -0.39 is 11.6 Å². The summed E-state index contributed by atoms with van der Waals surface area (Å²) in [4.78, 5) is 12.8. The van der Waals surface area contributed by atoms with E-state index in [0.717, 1.165) is 13.1 Å². The zero-order valence-corrected chi connectivity index (χ0v) is 17.3. The lowest BCUT2D eigenvalue weighted by molar-refractivity contribution is -0.384. The first-order valence-electron chi connectivity index (χ1n) is 8.07. The molecule has 142 valence electrons. The minimum atomic E-state index is -3.00. The molecule has 1 rings (SSSR count). The van der Waals surface area contributed by atoms with Gasteiger partial charge in [0.05, 0.1) is 18.1 Å². The number of nitro groups is 1. The molecule has 0 heterocycles. The van der Waals surface area contributed by atoms with Crippen LogP contribution in [0.1, 0.15) is 33.3 Å². The molecule has 0 unspecified atom stereocenters. The predicted octanol–water partition coefficient (Wildman–Crippen LogP) is 4.77. The fraction of sp³-hybridized carbons (Fsp3) is 0.600. The minimum absolute atomic E-state index is 0.0159. The Hall–Kier alpha value is -0.760. The lowest BCUT2D eigenvalue weighted by atomic mass is 10.1. The van der Waals surface area contributed by atoms with Crippen molar-refractivity contribution in [3.63, 3.8) is 0 Å². The van der Waals surface area contributed by atoms with E-state index in [1.165, 1.54) is 12.1 Å². The molecule has 0 saturated heterocycles. The highest BCUT2D eigenvalue weighted by Crippen LogP contribution is 2.51. The topological polar surface area (TPSA) is 74.1 Å². The van der Waals surface area contributed by atoms with Crippen molar-refractivity contribution in [1.82, 2.24) is 4.90 Å². The first-order valence-corrected chi connectivity index (χ1v) is 11.0. The Morgan fingerprint density at radius 2 is 1.76 bits per heavy atom. The Bertz CT molecular complexity index is 633. The highest BCUT2D eigenvalue weighted by atomic mass is 35.5. The van der Waals surface area contributed by atoms with Gasteiger partial charge >= 0.3 is 6.72 Å². The van der Waals surface area contributed by atoms with Crippen LogP contribution in [0.5, 0.6) is 5.75 Å². The number of rotatable bonds is 11. The molecular formula is C15H24ClN2O5PS. The summed E-state index contributed by atoms with van der Waals surface area (Å²) >= 11 is 11.4.